The van der Waals surface area contributed by atoms with Crippen LogP contribution in [0.5, 0.6) is 5.75 Å². The van der Waals surface area contributed by atoms with Gasteiger partial charge in [-0.05, 0) is 68.4 Å². The molecule has 0 bridgehead atoms. The predicted molar refractivity (Wildman–Crippen MR) is 118 cm³/mol. The summed E-state index contributed by atoms with van der Waals surface area (Å²) in [4.78, 5) is 27.2. The lowest BCUT2D eigenvalue weighted by atomic mass is 9.89. The van der Waals surface area contributed by atoms with Crippen LogP contribution in [0, 0.1) is 11.7 Å². The Balaban J connectivity index is 1.45. The van der Waals surface area contributed by atoms with Crippen LogP contribution in [-0.2, 0) is 0 Å². The van der Waals surface area contributed by atoms with Crippen molar-refractivity contribution in [2.75, 3.05) is 31.5 Å². The standard InChI is InChI=1S/C22H24FN3O3S/c23-17-3-1-15(2-4-17)21(28)16-7-10-26(11-8-16)12-9-24-22(29)19-13-18(27)5-6-20(19)25-14-30/h1-6,13-14,16,27H,7-12H2,(H,24,29)(H,25,30). The Morgan fingerprint density at radius 2 is 1.87 bits per heavy atom. The van der Waals surface area contributed by atoms with Crippen molar-refractivity contribution in [1.29, 1.82) is 0 Å². The minimum absolute atomic E-state index is 0.00274. The van der Waals surface area contributed by atoms with Gasteiger partial charge in [0.15, 0.2) is 5.78 Å². The van der Waals surface area contributed by atoms with Crippen molar-refractivity contribution >= 4 is 35.1 Å². The van der Waals surface area contributed by atoms with Gasteiger partial charge in [0.25, 0.3) is 5.91 Å². The Bertz CT molecular complexity index is 912. The van der Waals surface area contributed by atoms with Gasteiger partial charge in [-0.15, -0.1) is 0 Å². The van der Waals surface area contributed by atoms with Crippen molar-refractivity contribution in [1.82, 2.24) is 10.2 Å². The topological polar surface area (TPSA) is 81.7 Å². The molecule has 1 heterocycles. The second-order valence-electron chi connectivity index (χ2n) is 7.24. The fourth-order valence-corrected chi connectivity index (χ4v) is 3.73. The number of amides is 1. The van der Waals surface area contributed by atoms with E-state index in [-0.39, 0.29) is 29.2 Å². The number of rotatable bonds is 8. The number of piperidine rings is 1. The first-order valence-corrected chi connectivity index (χ1v) is 10.3. The molecule has 2 aromatic rings. The summed E-state index contributed by atoms with van der Waals surface area (Å²) in [5.74, 6) is -0.642. The van der Waals surface area contributed by atoms with Gasteiger partial charge >= 0.3 is 0 Å². The number of benzene rings is 2. The van der Waals surface area contributed by atoms with Crippen LogP contribution in [0.2, 0.25) is 0 Å². The normalized spacial score (nSPS) is 14.8. The number of hydrogen-bond donors (Lipinski definition) is 3. The van der Waals surface area contributed by atoms with Gasteiger partial charge in [0.1, 0.15) is 11.6 Å². The summed E-state index contributed by atoms with van der Waals surface area (Å²) in [7, 11) is 0. The highest BCUT2D eigenvalue weighted by atomic mass is 32.1. The number of phenols is 1. The molecule has 3 rings (SSSR count). The van der Waals surface area contributed by atoms with Crippen molar-refractivity contribution < 1.29 is 19.1 Å². The molecule has 0 atom stereocenters. The summed E-state index contributed by atoms with van der Waals surface area (Å²) in [5.41, 5.74) is 2.70. The highest BCUT2D eigenvalue weighted by Crippen LogP contribution is 2.22. The molecular weight excluding hydrogens is 405 g/mol. The number of aromatic hydroxyl groups is 1. The van der Waals surface area contributed by atoms with Crippen molar-refractivity contribution in [3.63, 3.8) is 0 Å². The highest BCUT2D eigenvalue weighted by molar-refractivity contribution is 7.79. The zero-order chi connectivity index (χ0) is 21.5. The quantitative estimate of drug-likeness (QED) is 0.340. The third-order valence-electron chi connectivity index (χ3n) is 5.26. The first-order chi connectivity index (χ1) is 14.5. The largest absolute Gasteiger partial charge is 0.508 e. The SMILES string of the molecule is O=C(NCCN1CCC(C(=O)c2ccc(F)cc2)CC1)c1cc(O)ccc1NC=S. The molecular formula is C22H24FN3O3S. The number of likely N-dealkylation sites (tertiary alicyclic amines) is 1. The number of thiocarbonyl (C=S) groups is 1. The Morgan fingerprint density at radius 3 is 2.53 bits per heavy atom. The fourth-order valence-electron chi connectivity index (χ4n) is 3.60. The molecule has 8 heteroatoms. The minimum Gasteiger partial charge on any atom is -0.508 e. The van der Waals surface area contributed by atoms with E-state index in [0.29, 0.717) is 29.9 Å². The molecule has 0 aromatic heterocycles. The second kappa shape index (κ2) is 10.3. The number of carbonyl (C=O) groups excluding carboxylic acids is 2. The maximum Gasteiger partial charge on any atom is 0.253 e. The molecule has 3 N–H and O–H groups in total. The number of hydrogen-bond acceptors (Lipinski definition) is 5. The zero-order valence-corrected chi connectivity index (χ0v) is 17.3. The molecule has 1 saturated heterocycles. The predicted octanol–water partition coefficient (Wildman–Crippen LogP) is 3.23. The first kappa shape index (κ1) is 21.9. The molecule has 2 aromatic carbocycles. The van der Waals surface area contributed by atoms with E-state index in [4.69, 9.17) is 12.2 Å². The second-order valence-corrected chi connectivity index (χ2v) is 7.47. The number of Topliss-reactive ketones (excluding diaryl/α,β-unsaturated/α-hetero) is 1. The molecule has 0 radical (unpaired) electrons. The van der Waals surface area contributed by atoms with Crippen LogP contribution in [0.25, 0.3) is 0 Å². The van der Waals surface area contributed by atoms with Gasteiger partial charge < -0.3 is 20.6 Å². The molecule has 1 aliphatic heterocycles. The van der Waals surface area contributed by atoms with E-state index in [0.717, 1.165) is 25.9 Å². The van der Waals surface area contributed by atoms with E-state index in [2.05, 4.69) is 15.5 Å². The third-order valence-corrected chi connectivity index (χ3v) is 5.38. The van der Waals surface area contributed by atoms with Crippen LogP contribution < -0.4 is 10.6 Å². The van der Waals surface area contributed by atoms with Gasteiger partial charge in [-0.2, -0.15) is 0 Å². The Labute approximate surface area is 180 Å². The molecule has 1 aliphatic rings. The van der Waals surface area contributed by atoms with Crippen LogP contribution in [0.15, 0.2) is 42.5 Å². The van der Waals surface area contributed by atoms with Gasteiger partial charge in [-0.25, -0.2) is 4.39 Å². The molecule has 0 saturated carbocycles. The van der Waals surface area contributed by atoms with Gasteiger partial charge in [-0.3, -0.25) is 9.59 Å². The molecule has 0 spiro atoms. The lowest BCUT2D eigenvalue weighted by Gasteiger charge is -2.31. The van der Waals surface area contributed by atoms with Crippen LogP contribution in [0.4, 0.5) is 10.1 Å². The Hall–Kier alpha value is -2.84. The number of halogens is 1. The summed E-state index contributed by atoms with van der Waals surface area (Å²) >= 11 is 4.77. The average molecular weight is 430 g/mol. The maximum atomic E-state index is 13.0. The summed E-state index contributed by atoms with van der Waals surface area (Å²) in [6.07, 6.45) is 1.47. The van der Waals surface area contributed by atoms with E-state index in [1.54, 1.807) is 6.07 Å². The van der Waals surface area contributed by atoms with E-state index in [1.807, 2.05) is 0 Å². The number of carbonyl (C=O) groups is 2. The van der Waals surface area contributed by atoms with Gasteiger partial charge in [0.2, 0.25) is 0 Å². The first-order valence-electron chi connectivity index (χ1n) is 9.81. The van der Waals surface area contributed by atoms with E-state index in [1.165, 1.54) is 41.9 Å². The number of nitrogens with one attached hydrogen (secondary N) is 2. The van der Waals surface area contributed by atoms with Crippen LogP contribution in [-0.4, -0.2) is 53.4 Å². The zero-order valence-electron chi connectivity index (χ0n) is 16.4. The van der Waals surface area contributed by atoms with E-state index >= 15 is 0 Å². The van der Waals surface area contributed by atoms with Crippen molar-refractivity contribution in [3.05, 3.63) is 59.4 Å². The number of anilines is 1. The highest BCUT2D eigenvalue weighted by Gasteiger charge is 2.25. The Morgan fingerprint density at radius 1 is 1.17 bits per heavy atom. The molecule has 30 heavy (non-hydrogen) atoms. The molecule has 158 valence electrons. The summed E-state index contributed by atoms with van der Waals surface area (Å²) < 4.78 is 13.0. The molecule has 6 nitrogen and oxygen atoms in total. The minimum atomic E-state index is -0.348. The summed E-state index contributed by atoms with van der Waals surface area (Å²) in [6, 6.07) is 10.2. The van der Waals surface area contributed by atoms with Crippen LogP contribution in [0.3, 0.4) is 0 Å². The lowest BCUT2D eigenvalue weighted by molar-refractivity contribution is 0.0839. The molecule has 0 aliphatic carbocycles. The van der Waals surface area contributed by atoms with Crippen molar-refractivity contribution in [3.8, 4) is 5.75 Å². The summed E-state index contributed by atoms with van der Waals surface area (Å²) in [6.45, 7) is 2.63. The molecule has 0 unspecified atom stereocenters. The smallest absolute Gasteiger partial charge is 0.253 e. The van der Waals surface area contributed by atoms with E-state index < -0.39 is 0 Å². The van der Waals surface area contributed by atoms with Crippen LogP contribution >= 0.6 is 12.2 Å². The Kier molecular flexibility index (Phi) is 7.48. The van der Waals surface area contributed by atoms with Crippen molar-refractivity contribution in [2.24, 2.45) is 5.92 Å². The summed E-state index contributed by atoms with van der Waals surface area (Å²) in [5, 5.41) is 15.3. The van der Waals surface area contributed by atoms with Crippen LogP contribution in [0.1, 0.15) is 33.6 Å². The number of phenolic OH excluding ortho intramolecular Hbond substituents is 1. The average Bonchev–Trinajstić information content (AvgIpc) is 2.75. The number of ketones is 1. The van der Waals surface area contributed by atoms with Gasteiger partial charge in [0, 0.05) is 24.6 Å². The lowest BCUT2D eigenvalue weighted by Crippen LogP contribution is -2.41. The fraction of sp³-hybridized carbons (Fsp3) is 0.318. The maximum absolute atomic E-state index is 13.0. The molecule has 1 amide bonds. The van der Waals surface area contributed by atoms with Crippen molar-refractivity contribution in [2.45, 2.75) is 12.8 Å². The third kappa shape index (κ3) is 5.61. The van der Waals surface area contributed by atoms with Gasteiger partial charge in [0.05, 0.1) is 16.7 Å². The van der Waals surface area contributed by atoms with E-state index in [9.17, 15) is 19.1 Å². The monoisotopic (exact) mass is 429 g/mol. The molecule has 1 fully saturated rings. The van der Waals surface area contributed by atoms with Gasteiger partial charge in [-0.1, -0.05) is 12.2 Å². The number of nitrogens with zero attached hydrogens (tertiary/aromatic N) is 1.